The Kier molecular flexibility index (Phi) is 7.62. The van der Waals surface area contributed by atoms with Crippen molar-refractivity contribution in [1.29, 1.82) is 0 Å². The topological polar surface area (TPSA) is 248 Å². The normalized spacial score (nSPS) is 30.3. The van der Waals surface area contributed by atoms with Crippen molar-refractivity contribution in [3.63, 3.8) is 0 Å². The second-order valence-corrected chi connectivity index (χ2v) is 13.6. The van der Waals surface area contributed by atoms with Gasteiger partial charge in [-0.1, -0.05) is 0 Å². The maximum Gasteiger partial charge on any atom is 0.325 e. The molecule has 8 atom stereocenters. The molecule has 43 heavy (non-hydrogen) atoms. The Bertz CT molecular complexity index is 1790. The summed E-state index contributed by atoms with van der Waals surface area (Å²) >= 11 is 5.55. The number of alkyl halides is 3. The summed E-state index contributed by atoms with van der Waals surface area (Å²) in [5.41, 5.74) is 10.6. The summed E-state index contributed by atoms with van der Waals surface area (Å²) in [6.07, 6.45) is -5.52. The third-order valence-corrected chi connectivity index (χ3v) is 9.95. The Balaban J connectivity index is 1.21. The van der Waals surface area contributed by atoms with Crippen LogP contribution in [0.25, 0.3) is 22.3 Å². The minimum absolute atomic E-state index is 0.0362. The minimum Gasteiger partial charge on any atom is -0.395 e. The van der Waals surface area contributed by atoms with Crippen molar-refractivity contribution >= 4 is 64.4 Å². The summed E-state index contributed by atoms with van der Waals surface area (Å²) in [7, 11) is 0. The molecule has 23 heteroatoms. The number of nitrogens with zero attached hydrogens (tertiary/aromatic N) is 7. The lowest BCUT2D eigenvalue weighted by atomic mass is 10.1. The molecule has 1 unspecified atom stereocenters. The highest BCUT2D eigenvalue weighted by molar-refractivity contribution is 8.07. The van der Waals surface area contributed by atoms with Gasteiger partial charge in [-0.25, -0.2) is 33.1 Å². The molecular weight excluding hydrogens is 644 g/mol. The Hall–Kier alpha value is -2.95. The van der Waals surface area contributed by atoms with Crippen LogP contribution < -0.4 is 17.0 Å². The second kappa shape index (κ2) is 10.9. The summed E-state index contributed by atoms with van der Waals surface area (Å²) in [6.45, 7) is -6.29. The largest absolute Gasteiger partial charge is 0.395 e. The summed E-state index contributed by atoms with van der Waals surface area (Å²) in [5, 5.41) is 17.0. The zero-order chi connectivity index (χ0) is 30.8. The van der Waals surface area contributed by atoms with Gasteiger partial charge in [0, 0.05) is 0 Å². The number of rotatable bonds is 8. The molecule has 0 saturated carbocycles. The summed E-state index contributed by atoms with van der Waals surface area (Å²) in [4.78, 5) is 44.9. The lowest BCUT2D eigenvalue weighted by molar-refractivity contribution is -0.105. The van der Waals surface area contributed by atoms with Crippen molar-refractivity contribution in [1.82, 2.24) is 39.0 Å². The summed E-state index contributed by atoms with van der Waals surface area (Å²) in [5.74, 6) is -4.05. The number of fused-ring (bicyclic) bond motifs is 2. The molecular formula is C20H22F3N10O7PS2. The molecule has 0 spiro atoms. The van der Waals surface area contributed by atoms with Gasteiger partial charge in [0.2, 0.25) is 5.95 Å². The Morgan fingerprint density at radius 2 is 1.91 bits per heavy atom. The van der Waals surface area contributed by atoms with E-state index in [4.69, 9.17) is 37.1 Å². The van der Waals surface area contributed by atoms with Crippen LogP contribution in [0.15, 0.2) is 23.8 Å². The Morgan fingerprint density at radius 3 is 2.65 bits per heavy atom. The molecule has 2 aliphatic rings. The lowest BCUT2D eigenvalue weighted by Crippen LogP contribution is -2.42. The number of hydrogen-bond donors (Lipinski definition) is 6. The second-order valence-electron chi connectivity index (χ2n) is 9.52. The smallest absolute Gasteiger partial charge is 0.325 e. The number of aromatic nitrogens is 8. The first-order valence-electron chi connectivity index (χ1n) is 12.2. The van der Waals surface area contributed by atoms with Gasteiger partial charge in [-0.15, -0.1) is 11.8 Å². The molecule has 0 amide bonds. The van der Waals surface area contributed by atoms with E-state index in [1.54, 1.807) is 0 Å². The Morgan fingerprint density at radius 1 is 1.19 bits per heavy atom. The van der Waals surface area contributed by atoms with Gasteiger partial charge in [-0.3, -0.25) is 23.4 Å². The molecule has 232 valence electrons. The molecule has 0 radical (unpaired) electrons. The molecule has 8 N–H and O–H groups in total. The molecule has 2 fully saturated rings. The fourth-order valence-electron chi connectivity index (χ4n) is 4.79. The fourth-order valence-corrected chi connectivity index (χ4v) is 7.68. The maximum atomic E-state index is 15.4. The van der Waals surface area contributed by atoms with Gasteiger partial charge in [0.25, 0.3) is 11.5 Å². The molecule has 0 aromatic carbocycles. The van der Waals surface area contributed by atoms with E-state index in [-0.39, 0.29) is 34.1 Å². The van der Waals surface area contributed by atoms with Crippen LogP contribution in [0.4, 0.5) is 24.9 Å². The number of nitrogens with two attached hydrogens (primary N) is 2. The first-order valence-corrected chi connectivity index (χ1v) is 15.8. The molecule has 4 aromatic rings. The van der Waals surface area contributed by atoms with Crippen LogP contribution in [0, 0.1) is 0 Å². The van der Waals surface area contributed by atoms with Crippen LogP contribution in [0.2, 0.25) is 0 Å². The molecule has 2 aliphatic heterocycles. The molecule has 6 rings (SSSR count). The number of halogens is 3. The number of ether oxygens (including phenoxy) is 1. The average molecular weight is 667 g/mol. The number of aromatic amines is 1. The van der Waals surface area contributed by atoms with Crippen molar-refractivity contribution in [2.45, 2.75) is 47.3 Å². The monoisotopic (exact) mass is 666 g/mol. The van der Waals surface area contributed by atoms with Gasteiger partial charge < -0.3 is 35.8 Å². The highest BCUT2D eigenvalue weighted by Crippen LogP contribution is 2.58. The van der Waals surface area contributed by atoms with Gasteiger partial charge in [0.15, 0.2) is 41.1 Å². The van der Waals surface area contributed by atoms with E-state index in [2.05, 4.69) is 29.9 Å². The summed E-state index contributed by atoms with van der Waals surface area (Å²) < 4.78 is 64.4. The molecule has 6 heterocycles. The molecule has 2 saturated heterocycles. The van der Waals surface area contributed by atoms with E-state index in [1.165, 1.54) is 10.9 Å². The lowest BCUT2D eigenvalue weighted by Gasteiger charge is -2.29. The van der Waals surface area contributed by atoms with E-state index >= 15 is 13.2 Å². The SMILES string of the molecule is Nc1nc2c(ncn2[C@@H]2S[C@H](CO)C(F)(F)[C@H]2OP(O)(=S)OC[C@H]2O[C@@H](n3cnc4c(N)ncnc43)[C@@H](F)[C@@H]2O)c(=O)[nH]1. The third kappa shape index (κ3) is 5.15. The van der Waals surface area contributed by atoms with Gasteiger partial charge in [-0.05, 0) is 11.8 Å². The van der Waals surface area contributed by atoms with Gasteiger partial charge in [-0.2, -0.15) is 4.98 Å². The van der Waals surface area contributed by atoms with Crippen LogP contribution >= 0.6 is 18.5 Å². The van der Waals surface area contributed by atoms with Crippen molar-refractivity contribution in [3.05, 3.63) is 29.3 Å². The van der Waals surface area contributed by atoms with Crippen LogP contribution in [0.5, 0.6) is 0 Å². The highest BCUT2D eigenvalue weighted by atomic mass is 32.5. The first kappa shape index (κ1) is 30.1. The third-order valence-electron chi connectivity index (χ3n) is 6.87. The van der Waals surface area contributed by atoms with E-state index in [0.29, 0.717) is 11.8 Å². The number of H-pyrrole nitrogens is 1. The molecule has 0 bridgehead atoms. The Labute approximate surface area is 246 Å². The standard InChI is InChI=1S/C20H22F3N10O7PS2/c21-8-11(35)6(39-17(8)32-4-28-9-13(24)26-3-27-14(9)32)2-38-41(37,42)40-12-18(43-7(1-34)20(12,22)23)33-5-29-10-15(33)30-19(25)31-16(10)36/h3-8,11-12,17-18,34-35H,1-2H2,(H,37,42)(H2,24,26,27)(H3,25,30,31,36)/t6-,7-,8+,11-,12+,17-,18-,41?/m1/s1. The van der Waals surface area contributed by atoms with Crippen molar-refractivity contribution in [3.8, 4) is 0 Å². The maximum absolute atomic E-state index is 15.4. The molecule has 4 aromatic heterocycles. The van der Waals surface area contributed by atoms with Crippen molar-refractivity contribution in [2.75, 3.05) is 24.7 Å². The number of aliphatic hydroxyl groups excluding tert-OH is 2. The van der Waals surface area contributed by atoms with Gasteiger partial charge in [0.1, 0.15) is 29.4 Å². The van der Waals surface area contributed by atoms with Crippen LogP contribution in [0.3, 0.4) is 0 Å². The predicted molar refractivity (Wildman–Crippen MR) is 147 cm³/mol. The number of nitrogens with one attached hydrogen (secondary N) is 1. The zero-order valence-electron chi connectivity index (χ0n) is 21.3. The van der Waals surface area contributed by atoms with E-state index < -0.39 is 72.7 Å². The zero-order valence-corrected chi connectivity index (χ0v) is 23.9. The van der Waals surface area contributed by atoms with E-state index in [1.807, 2.05) is 0 Å². The molecule has 17 nitrogen and oxygen atoms in total. The summed E-state index contributed by atoms with van der Waals surface area (Å²) in [6, 6.07) is 0. The average Bonchev–Trinajstić information content (AvgIpc) is 3.68. The number of nitrogen functional groups attached to an aromatic ring is 2. The van der Waals surface area contributed by atoms with E-state index in [0.717, 1.165) is 17.2 Å². The van der Waals surface area contributed by atoms with E-state index in [9.17, 15) is 19.9 Å². The minimum atomic E-state index is -4.56. The first-order chi connectivity index (χ1) is 20.3. The van der Waals surface area contributed by atoms with Crippen LogP contribution in [0.1, 0.15) is 11.6 Å². The van der Waals surface area contributed by atoms with Gasteiger partial charge >= 0.3 is 6.72 Å². The number of imidazole rings is 2. The fraction of sp³-hybridized carbons (Fsp3) is 0.500. The highest BCUT2D eigenvalue weighted by Gasteiger charge is 2.61. The van der Waals surface area contributed by atoms with Crippen LogP contribution in [-0.4, -0.2) is 103 Å². The number of hydrogen-bond acceptors (Lipinski definition) is 15. The van der Waals surface area contributed by atoms with Gasteiger partial charge in [0.05, 0.1) is 31.1 Å². The molecule has 0 aliphatic carbocycles. The van der Waals surface area contributed by atoms with Crippen molar-refractivity contribution in [2.24, 2.45) is 0 Å². The van der Waals surface area contributed by atoms with Crippen molar-refractivity contribution < 1.29 is 42.1 Å². The quantitative estimate of drug-likeness (QED) is 0.131. The van der Waals surface area contributed by atoms with Crippen LogP contribution in [-0.2, 0) is 25.6 Å². The number of aliphatic hydroxyl groups is 2. The number of anilines is 2. The predicted octanol–water partition coefficient (Wildman–Crippen LogP) is -0.420. The number of thioether (sulfide) groups is 1.